The highest BCUT2D eigenvalue weighted by atomic mass is 16.2. The molecule has 27 heavy (non-hydrogen) atoms. The topological polar surface area (TPSA) is 63.1 Å². The molecule has 4 rings (SSSR count). The zero-order valence-corrected chi connectivity index (χ0v) is 15.2. The van der Waals surface area contributed by atoms with Crippen molar-refractivity contribution in [2.45, 2.75) is 6.42 Å². The van der Waals surface area contributed by atoms with Gasteiger partial charge < -0.3 is 9.88 Å². The molecule has 2 aromatic carbocycles. The number of H-pyrrole nitrogens is 1. The van der Waals surface area contributed by atoms with E-state index in [2.05, 4.69) is 40.2 Å². The standard InChI is InChI=1S/C22H22N4O/c23-15-18-16-24-21-19(18)7-4-8-20(21)22(27)26-13-11-25(12-14-26)10-9-17-5-2-1-3-6-17/h1-8,16,24H,9-14H2. The molecule has 0 aliphatic carbocycles. The lowest BCUT2D eigenvalue weighted by Gasteiger charge is -2.34. The van der Waals surface area contributed by atoms with Crippen LogP contribution in [0.15, 0.2) is 54.7 Å². The molecule has 0 saturated carbocycles. The minimum absolute atomic E-state index is 0.0367. The predicted octanol–water partition coefficient (Wildman–Crippen LogP) is 3.04. The highest BCUT2D eigenvalue weighted by Gasteiger charge is 2.24. The summed E-state index contributed by atoms with van der Waals surface area (Å²) < 4.78 is 0. The highest BCUT2D eigenvalue weighted by molar-refractivity contribution is 6.06. The average Bonchev–Trinajstić information content (AvgIpc) is 3.16. The number of piperazine rings is 1. The van der Waals surface area contributed by atoms with E-state index in [1.165, 1.54) is 5.56 Å². The summed E-state index contributed by atoms with van der Waals surface area (Å²) in [6.45, 7) is 4.26. The number of amides is 1. The van der Waals surface area contributed by atoms with Gasteiger partial charge >= 0.3 is 0 Å². The number of para-hydroxylation sites is 1. The first-order valence-electron chi connectivity index (χ1n) is 9.32. The number of hydrogen-bond acceptors (Lipinski definition) is 3. The summed E-state index contributed by atoms with van der Waals surface area (Å²) in [7, 11) is 0. The minimum atomic E-state index is 0.0367. The average molecular weight is 358 g/mol. The van der Waals surface area contributed by atoms with Gasteiger partial charge in [0, 0.05) is 44.3 Å². The second-order valence-electron chi connectivity index (χ2n) is 6.91. The number of nitrogens with one attached hydrogen (secondary N) is 1. The van der Waals surface area contributed by atoms with Gasteiger partial charge in [-0.3, -0.25) is 9.69 Å². The lowest BCUT2D eigenvalue weighted by atomic mass is 10.1. The minimum Gasteiger partial charge on any atom is -0.359 e. The number of hydrogen-bond donors (Lipinski definition) is 1. The van der Waals surface area contributed by atoms with Crippen molar-refractivity contribution < 1.29 is 4.79 Å². The van der Waals surface area contributed by atoms with Crippen LogP contribution in [0.2, 0.25) is 0 Å². The van der Waals surface area contributed by atoms with Crippen LogP contribution >= 0.6 is 0 Å². The molecule has 0 bridgehead atoms. The molecule has 1 N–H and O–H groups in total. The number of carbonyl (C=O) groups is 1. The van der Waals surface area contributed by atoms with E-state index in [0.29, 0.717) is 11.1 Å². The Hall–Kier alpha value is -3.10. The smallest absolute Gasteiger partial charge is 0.256 e. The number of fused-ring (bicyclic) bond motifs is 1. The van der Waals surface area contributed by atoms with Gasteiger partial charge in [-0.05, 0) is 18.1 Å². The first kappa shape index (κ1) is 17.3. The molecule has 1 aromatic heterocycles. The number of benzene rings is 2. The van der Waals surface area contributed by atoms with E-state index in [9.17, 15) is 10.1 Å². The molecule has 3 aromatic rings. The number of aromatic nitrogens is 1. The largest absolute Gasteiger partial charge is 0.359 e. The van der Waals surface area contributed by atoms with Crippen LogP contribution < -0.4 is 0 Å². The van der Waals surface area contributed by atoms with Crippen LogP contribution in [0.4, 0.5) is 0 Å². The monoisotopic (exact) mass is 358 g/mol. The Kier molecular flexibility index (Phi) is 4.91. The van der Waals surface area contributed by atoms with Crippen molar-refractivity contribution in [3.05, 3.63) is 71.4 Å². The van der Waals surface area contributed by atoms with Gasteiger partial charge in [0.05, 0.1) is 16.6 Å². The molecule has 1 aliphatic rings. The molecule has 1 fully saturated rings. The van der Waals surface area contributed by atoms with E-state index in [-0.39, 0.29) is 5.91 Å². The SMILES string of the molecule is N#Cc1c[nH]c2c(C(=O)N3CCN(CCc4ccccc4)CC3)cccc12. The quantitative estimate of drug-likeness (QED) is 0.780. The van der Waals surface area contributed by atoms with Gasteiger partial charge in [-0.1, -0.05) is 42.5 Å². The van der Waals surface area contributed by atoms with Crippen LogP contribution in [0.3, 0.4) is 0 Å². The second-order valence-corrected chi connectivity index (χ2v) is 6.91. The maximum atomic E-state index is 13.0. The van der Waals surface area contributed by atoms with E-state index in [0.717, 1.165) is 50.0 Å². The Labute approximate surface area is 158 Å². The molecule has 2 heterocycles. The number of nitriles is 1. The molecular formula is C22H22N4O. The zero-order chi connectivity index (χ0) is 18.6. The van der Waals surface area contributed by atoms with E-state index in [4.69, 9.17) is 0 Å². The molecule has 136 valence electrons. The summed E-state index contributed by atoms with van der Waals surface area (Å²) in [5.74, 6) is 0.0367. The molecule has 1 amide bonds. The number of rotatable bonds is 4. The third kappa shape index (κ3) is 3.57. The molecular weight excluding hydrogens is 336 g/mol. The van der Waals surface area contributed by atoms with E-state index < -0.39 is 0 Å². The normalized spacial score (nSPS) is 15.0. The molecule has 0 atom stereocenters. The van der Waals surface area contributed by atoms with Crippen molar-refractivity contribution in [2.24, 2.45) is 0 Å². The Balaban J connectivity index is 1.39. The molecule has 0 spiro atoms. The van der Waals surface area contributed by atoms with Crippen LogP contribution in [-0.2, 0) is 6.42 Å². The van der Waals surface area contributed by atoms with Gasteiger partial charge in [-0.25, -0.2) is 0 Å². The first-order valence-corrected chi connectivity index (χ1v) is 9.32. The predicted molar refractivity (Wildman–Crippen MR) is 106 cm³/mol. The lowest BCUT2D eigenvalue weighted by molar-refractivity contribution is 0.0640. The maximum Gasteiger partial charge on any atom is 0.256 e. The van der Waals surface area contributed by atoms with E-state index in [1.54, 1.807) is 6.20 Å². The van der Waals surface area contributed by atoms with Gasteiger partial charge in [-0.2, -0.15) is 5.26 Å². The van der Waals surface area contributed by atoms with Gasteiger partial charge in [0.1, 0.15) is 6.07 Å². The van der Waals surface area contributed by atoms with Crippen molar-refractivity contribution in [3.8, 4) is 6.07 Å². The van der Waals surface area contributed by atoms with Gasteiger partial charge in [0.2, 0.25) is 0 Å². The lowest BCUT2D eigenvalue weighted by Crippen LogP contribution is -2.49. The Morgan fingerprint density at radius 2 is 1.81 bits per heavy atom. The fourth-order valence-corrected chi connectivity index (χ4v) is 3.70. The van der Waals surface area contributed by atoms with Crippen molar-refractivity contribution in [1.29, 1.82) is 5.26 Å². The van der Waals surface area contributed by atoms with Crippen LogP contribution in [-0.4, -0.2) is 53.4 Å². The Morgan fingerprint density at radius 3 is 2.56 bits per heavy atom. The van der Waals surface area contributed by atoms with Crippen molar-refractivity contribution in [2.75, 3.05) is 32.7 Å². The third-order valence-electron chi connectivity index (χ3n) is 5.29. The summed E-state index contributed by atoms with van der Waals surface area (Å²) in [4.78, 5) is 20.4. The van der Waals surface area contributed by atoms with Gasteiger partial charge in [-0.15, -0.1) is 0 Å². The molecule has 1 aliphatic heterocycles. The van der Waals surface area contributed by atoms with E-state index >= 15 is 0 Å². The van der Waals surface area contributed by atoms with Crippen LogP contribution in [0.25, 0.3) is 10.9 Å². The fraction of sp³-hybridized carbons (Fsp3) is 0.273. The summed E-state index contributed by atoms with van der Waals surface area (Å²) in [5.41, 5.74) is 3.32. The van der Waals surface area contributed by atoms with Crippen LogP contribution in [0.1, 0.15) is 21.5 Å². The van der Waals surface area contributed by atoms with Crippen molar-refractivity contribution in [1.82, 2.24) is 14.8 Å². The molecule has 0 radical (unpaired) electrons. The molecule has 5 heteroatoms. The molecule has 5 nitrogen and oxygen atoms in total. The summed E-state index contributed by atoms with van der Waals surface area (Å²) >= 11 is 0. The van der Waals surface area contributed by atoms with Gasteiger partial charge in [0.25, 0.3) is 5.91 Å². The molecule has 0 unspecified atom stereocenters. The zero-order valence-electron chi connectivity index (χ0n) is 15.2. The summed E-state index contributed by atoms with van der Waals surface area (Å²) in [6, 6.07) is 18.2. The second kappa shape index (κ2) is 7.65. The molecule has 1 saturated heterocycles. The van der Waals surface area contributed by atoms with Crippen molar-refractivity contribution >= 4 is 16.8 Å². The summed E-state index contributed by atoms with van der Waals surface area (Å²) in [5, 5.41) is 10.0. The number of aromatic amines is 1. The van der Waals surface area contributed by atoms with Crippen molar-refractivity contribution in [3.63, 3.8) is 0 Å². The van der Waals surface area contributed by atoms with Crippen LogP contribution in [0.5, 0.6) is 0 Å². The first-order chi connectivity index (χ1) is 13.3. The Morgan fingerprint density at radius 1 is 1.04 bits per heavy atom. The summed E-state index contributed by atoms with van der Waals surface area (Å²) in [6.07, 6.45) is 2.70. The number of carbonyl (C=O) groups excluding carboxylic acids is 1. The maximum absolute atomic E-state index is 13.0. The highest BCUT2D eigenvalue weighted by Crippen LogP contribution is 2.23. The van der Waals surface area contributed by atoms with Crippen LogP contribution in [0, 0.1) is 11.3 Å². The Bertz CT molecular complexity index is 978. The van der Waals surface area contributed by atoms with E-state index in [1.807, 2.05) is 29.2 Å². The third-order valence-corrected chi connectivity index (χ3v) is 5.29. The van der Waals surface area contributed by atoms with Gasteiger partial charge in [0.15, 0.2) is 0 Å². The fourth-order valence-electron chi connectivity index (χ4n) is 3.70. The number of nitrogens with zero attached hydrogens (tertiary/aromatic N) is 3.